The zero-order valence-electron chi connectivity index (χ0n) is 26.0. The Morgan fingerprint density at radius 3 is 1.96 bits per heavy atom. The van der Waals surface area contributed by atoms with Crippen molar-refractivity contribution in [2.24, 2.45) is 9.98 Å². The third kappa shape index (κ3) is 5.02. The molecule has 0 radical (unpaired) electrons. The second-order valence-corrected chi connectivity index (χ2v) is 13.0. The van der Waals surface area contributed by atoms with Crippen LogP contribution in [0.3, 0.4) is 0 Å². The smallest absolute Gasteiger partial charge is 0.159 e. The topological polar surface area (TPSA) is 41.7 Å². The number of para-hydroxylation sites is 1. The van der Waals surface area contributed by atoms with Crippen molar-refractivity contribution in [2.75, 3.05) is 0 Å². The van der Waals surface area contributed by atoms with Crippen molar-refractivity contribution in [3.63, 3.8) is 0 Å². The number of benzene rings is 6. The minimum Gasteiger partial charge on any atom is -0.343 e. The number of aromatic nitrogens is 1. The molecule has 8 aromatic rings. The normalized spacial score (nSPS) is 14.5. The lowest BCUT2D eigenvalue weighted by atomic mass is 10.0. The summed E-state index contributed by atoms with van der Waals surface area (Å²) >= 11 is 1.76. The summed E-state index contributed by atoms with van der Waals surface area (Å²) in [6.45, 7) is 0. The van der Waals surface area contributed by atoms with Crippen LogP contribution < -0.4 is 5.32 Å². The van der Waals surface area contributed by atoms with E-state index in [0.717, 1.165) is 33.4 Å². The SMILES string of the molecule is c1ccc(C2=NC(c3ccccc3)NC(c3ccc(-c4cccc5c4c4cc(-c6ccccc6)ccc4n5-c4ccccc4)s3)=N2)cc1. The van der Waals surface area contributed by atoms with Gasteiger partial charge in [-0.05, 0) is 59.2 Å². The molecule has 0 fully saturated rings. The summed E-state index contributed by atoms with van der Waals surface area (Å²) in [6.07, 6.45) is -0.233. The van der Waals surface area contributed by atoms with Crippen molar-refractivity contribution in [1.29, 1.82) is 0 Å². The first kappa shape index (κ1) is 28.2. The molecule has 1 atom stereocenters. The Bertz CT molecular complexity index is 2460. The van der Waals surface area contributed by atoms with E-state index in [1.54, 1.807) is 11.3 Å². The van der Waals surface area contributed by atoms with Crippen molar-refractivity contribution >= 4 is 44.8 Å². The number of hydrogen-bond acceptors (Lipinski definition) is 4. The van der Waals surface area contributed by atoms with E-state index in [0.29, 0.717) is 0 Å². The van der Waals surface area contributed by atoms with Crippen molar-refractivity contribution in [1.82, 2.24) is 9.88 Å². The number of nitrogens with one attached hydrogen (secondary N) is 1. The van der Waals surface area contributed by atoms with Gasteiger partial charge in [-0.3, -0.25) is 0 Å². The number of hydrogen-bond donors (Lipinski definition) is 1. The predicted molar refractivity (Wildman–Crippen MR) is 201 cm³/mol. The van der Waals surface area contributed by atoms with Crippen LogP contribution in [-0.2, 0) is 0 Å². The molecule has 0 spiro atoms. The summed E-state index contributed by atoms with van der Waals surface area (Å²) in [5.74, 6) is 1.56. The van der Waals surface area contributed by atoms with E-state index in [-0.39, 0.29) is 6.17 Å². The van der Waals surface area contributed by atoms with Crippen LogP contribution in [-0.4, -0.2) is 16.2 Å². The molecule has 2 aromatic heterocycles. The van der Waals surface area contributed by atoms with Gasteiger partial charge in [-0.1, -0.05) is 127 Å². The minimum atomic E-state index is -0.233. The average Bonchev–Trinajstić information content (AvgIpc) is 3.80. The standard InChI is InChI=1S/C43H30N4S/c1-5-14-29(15-6-1)32-24-25-36-35(28-32)40-34(22-13-23-37(40)47(36)33-20-11-4-12-21-33)38-26-27-39(48-38)43-45-41(30-16-7-2-8-17-30)44-42(46-43)31-18-9-3-10-19-31/h1-28,41H,(H,44,45,46). The van der Waals surface area contributed by atoms with Crippen LogP contribution in [0, 0.1) is 0 Å². The maximum absolute atomic E-state index is 5.07. The van der Waals surface area contributed by atoms with Gasteiger partial charge in [-0.25, -0.2) is 9.98 Å². The summed E-state index contributed by atoms with van der Waals surface area (Å²) in [7, 11) is 0. The Morgan fingerprint density at radius 1 is 0.542 bits per heavy atom. The second-order valence-electron chi connectivity index (χ2n) is 11.9. The summed E-state index contributed by atoms with van der Waals surface area (Å²) in [4.78, 5) is 12.4. The van der Waals surface area contributed by atoms with Gasteiger partial charge in [0.15, 0.2) is 5.84 Å². The number of amidine groups is 2. The molecule has 228 valence electrons. The average molecular weight is 635 g/mol. The maximum atomic E-state index is 5.07. The van der Waals surface area contributed by atoms with Crippen LogP contribution in [0.5, 0.6) is 0 Å². The number of rotatable bonds is 6. The molecule has 0 saturated heterocycles. The molecular weight excluding hydrogens is 605 g/mol. The Labute approximate surface area is 283 Å². The molecule has 0 aliphatic carbocycles. The highest BCUT2D eigenvalue weighted by atomic mass is 32.1. The zero-order chi connectivity index (χ0) is 31.9. The Kier molecular flexibility index (Phi) is 7.03. The van der Waals surface area contributed by atoms with Crippen LogP contribution >= 0.6 is 11.3 Å². The third-order valence-electron chi connectivity index (χ3n) is 8.91. The summed E-state index contributed by atoms with van der Waals surface area (Å²) in [6, 6.07) is 59.8. The minimum absolute atomic E-state index is 0.233. The van der Waals surface area contributed by atoms with Gasteiger partial charge in [0.05, 0.1) is 15.9 Å². The first-order valence-electron chi connectivity index (χ1n) is 16.1. The van der Waals surface area contributed by atoms with E-state index >= 15 is 0 Å². The highest BCUT2D eigenvalue weighted by Crippen LogP contribution is 2.42. The lowest BCUT2D eigenvalue weighted by molar-refractivity contribution is 0.675. The fourth-order valence-electron chi connectivity index (χ4n) is 6.65. The fraction of sp³-hybridized carbons (Fsp3) is 0.0233. The fourth-order valence-corrected chi connectivity index (χ4v) is 7.64. The largest absolute Gasteiger partial charge is 0.343 e. The Balaban J connectivity index is 1.20. The molecule has 1 N–H and O–H groups in total. The van der Waals surface area contributed by atoms with Crippen LogP contribution in [0.25, 0.3) is 49.1 Å². The quantitative estimate of drug-likeness (QED) is 0.194. The summed E-state index contributed by atoms with van der Waals surface area (Å²) in [5.41, 5.74) is 9.25. The monoisotopic (exact) mass is 634 g/mol. The lowest BCUT2D eigenvalue weighted by Crippen LogP contribution is -2.33. The summed E-state index contributed by atoms with van der Waals surface area (Å²) < 4.78 is 2.39. The van der Waals surface area contributed by atoms with Crippen LogP contribution in [0.15, 0.2) is 180 Å². The van der Waals surface area contributed by atoms with Gasteiger partial charge in [0.25, 0.3) is 0 Å². The molecule has 48 heavy (non-hydrogen) atoms. The van der Waals surface area contributed by atoms with E-state index < -0.39 is 0 Å². The first-order valence-corrected chi connectivity index (χ1v) is 16.9. The molecule has 9 rings (SSSR count). The van der Waals surface area contributed by atoms with Gasteiger partial charge in [0.1, 0.15) is 12.0 Å². The third-order valence-corrected chi connectivity index (χ3v) is 10.0. The molecule has 1 aliphatic rings. The number of fused-ring (bicyclic) bond motifs is 3. The number of aliphatic imine (C=N–C) groups is 2. The molecular formula is C43H30N4S. The van der Waals surface area contributed by atoms with E-state index in [9.17, 15) is 0 Å². The lowest BCUT2D eigenvalue weighted by Gasteiger charge is -2.22. The van der Waals surface area contributed by atoms with Gasteiger partial charge >= 0.3 is 0 Å². The van der Waals surface area contributed by atoms with Gasteiger partial charge in [-0.15, -0.1) is 11.3 Å². The van der Waals surface area contributed by atoms with Crippen LogP contribution in [0.4, 0.5) is 0 Å². The van der Waals surface area contributed by atoms with Crippen LogP contribution in [0.2, 0.25) is 0 Å². The molecule has 4 nitrogen and oxygen atoms in total. The molecule has 0 amide bonds. The molecule has 5 heteroatoms. The molecule has 3 heterocycles. The van der Waals surface area contributed by atoms with E-state index in [2.05, 4.69) is 155 Å². The van der Waals surface area contributed by atoms with Crippen molar-refractivity contribution in [3.8, 4) is 27.3 Å². The highest BCUT2D eigenvalue weighted by molar-refractivity contribution is 7.17. The van der Waals surface area contributed by atoms with Gasteiger partial charge < -0.3 is 9.88 Å². The molecule has 6 aromatic carbocycles. The maximum Gasteiger partial charge on any atom is 0.159 e. The Hall–Kier alpha value is -6.04. The Morgan fingerprint density at radius 2 is 1.21 bits per heavy atom. The van der Waals surface area contributed by atoms with Gasteiger partial charge in [0.2, 0.25) is 0 Å². The van der Waals surface area contributed by atoms with Gasteiger partial charge in [0, 0.05) is 32.5 Å². The zero-order valence-corrected chi connectivity index (χ0v) is 26.8. The second kappa shape index (κ2) is 12.0. The summed E-state index contributed by atoms with van der Waals surface area (Å²) in [5, 5.41) is 6.12. The molecule has 1 aliphatic heterocycles. The first-order chi connectivity index (χ1) is 23.8. The predicted octanol–water partition coefficient (Wildman–Crippen LogP) is 10.7. The number of thiophene rings is 1. The molecule has 1 unspecified atom stereocenters. The van der Waals surface area contributed by atoms with Crippen molar-refractivity contribution < 1.29 is 0 Å². The molecule has 0 bridgehead atoms. The number of nitrogens with zero attached hydrogens (tertiary/aromatic N) is 3. The van der Waals surface area contributed by atoms with Crippen LogP contribution in [0.1, 0.15) is 22.2 Å². The van der Waals surface area contributed by atoms with E-state index in [4.69, 9.17) is 9.98 Å². The van der Waals surface area contributed by atoms with E-state index in [1.165, 1.54) is 43.4 Å². The van der Waals surface area contributed by atoms with Gasteiger partial charge in [-0.2, -0.15) is 0 Å². The van der Waals surface area contributed by atoms with E-state index in [1.807, 2.05) is 24.3 Å². The van der Waals surface area contributed by atoms with Crippen molar-refractivity contribution in [2.45, 2.75) is 6.17 Å². The van der Waals surface area contributed by atoms with Crippen molar-refractivity contribution in [3.05, 3.63) is 186 Å². The molecule has 0 saturated carbocycles. The highest BCUT2D eigenvalue weighted by Gasteiger charge is 2.23.